The van der Waals surface area contributed by atoms with Crippen LogP contribution in [0.2, 0.25) is 0 Å². The molecule has 3 aromatic rings. The SMILES string of the molecule is O=C1c2c(O)c(=O)ccn2N2CN1C/C=C\CCc1cnccc1[C@H]2c1ccccc1. The lowest BCUT2D eigenvalue weighted by atomic mass is 9.93. The zero-order valence-electron chi connectivity index (χ0n) is 16.9. The maximum Gasteiger partial charge on any atom is 0.278 e. The number of hydrogen-bond acceptors (Lipinski definition) is 5. The van der Waals surface area contributed by atoms with E-state index in [2.05, 4.69) is 23.2 Å². The average molecular weight is 414 g/mol. The molecule has 156 valence electrons. The van der Waals surface area contributed by atoms with Crippen LogP contribution in [0.15, 0.2) is 78.0 Å². The molecule has 0 aliphatic carbocycles. The molecule has 1 atom stereocenters. The highest BCUT2D eigenvalue weighted by Gasteiger charge is 2.36. The Kier molecular flexibility index (Phi) is 4.78. The Hall–Kier alpha value is -3.87. The van der Waals surface area contributed by atoms with Gasteiger partial charge in [0.25, 0.3) is 5.91 Å². The first-order valence-electron chi connectivity index (χ1n) is 10.3. The van der Waals surface area contributed by atoms with Gasteiger partial charge in [-0.05, 0) is 35.6 Å². The number of hydrogen-bond donors (Lipinski definition) is 1. The number of amides is 1. The van der Waals surface area contributed by atoms with E-state index in [-0.39, 0.29) is 17.6 Å². The van der Waals surface area contributed by atoms with Crippen molar-refractivity contribution in [2.24, 2.45) is 0 Å². The molecule has 2 aliphatic rings. The fraction of sp³-hybridized carbons (Fsp3) is 0.208. The van der Waals surface area contributed by atoms with Crippen molar-refractivity contribution >= 4 is 5.91 Å². The summed E-state index contributed by atoms with van der Waals surface area (Å²) in [6.45, 7) is 0.702. The van der Waals surface area contributed by atoms with E-state index < -0.39 is 11.2 Å². The molecule has 0 fully saturated rings. The van der Waals surface area contributed by atoms with Gasteiger partial charge in [0, 0.05) is 31.2 Å². The molecule has 0 unspecified atom stereocenters. The second-order valence-corrected chi connectivity index (χ2v) is 7.73. The van der Waals surface area contributed by atoms with Crippen LogP contribution >= 0.6 is 0 Å². The van der Waals surface area contributed by atoms with Gasteiger partial charge in [-0.1, -0.05) is 42.5 Å². The number of pyridine rings is 2. The molecule has 7 heteroatoms. The van der Waals surface area contributed by atoms with Crippen molar-refractivity contribution in [3.05, 3.63) is 106 Å². The predicted octanol–water partition coefficient (Wildman–Crippen LogP) is 2.59. The quantitative estimate of drug-likeness (QED) is 0.620. The summed E-state index contributed by atoms with van der Waals surface area (Å²) in [5, 5.41) is 12.5. The first kappa shape index (κ1) is 19.1. The summed E-state index contributed by atoms with van der Waals surface area (Å²) in [7, 11) is 0. The molecule has 0 saturated carbocycles. The van der Waals surface area contributed by atoms with E-state index in [4.69, 9.17) is 0 Å². The zero-order valence-corrected chi connectivity index (χ0v) is 16.9. The second kappa shape index (κ2) is 7.75. The van der Waals surface area contributed by atoms with E-state index in [1.54, 1.807) is 22.0 Å². The summed E-state index contributed by atoms with van der Waals surface area (Å²) in [5.74, 6) is -0.889. The van der Waals surface area contributed by atoms with Crippen LogP contribution in [-0.4, -0.2) is 38.8 Å². The van der Waals surface area contributed by atoms with Crippen LogP contribution < -0.4 is 10.4 Å². The highest BCUT2D eigenvalue weighted by Crippen LogP contribution is 2.34. The Labute approximate surface area is 179 Å². The van der Waals surface area contributed by atoms with E-state index in [0.29, 0.717) is 13.2 Å². The first-order valence-corrected chi connectivity index (χ1v) is 10.3. The molecule has 0 radical (unpaired) electrons. The maximum atomic E-state index is 13.2. The standard InChI is InChI=1S/C24H22N4O3/c29-20-11-14-27-22(23(20)30)24(31)26-13-6-2-5-9-18-15-25-12-10-19(18)21(28(27)16-26)17-7-3-1-4-8-17/h1-4,6-8,10-12,14-15,21,30H,5,9,13,16H2/b6-2-/t21-/m1/s1. The van der Waals surface area contributed by atoms with Crippen molar-refractivity contribution in [3.8, 4) is 5.75 Å². The number of aromatic nitrogens is 2. The van der Waals surface area contributed by atoms with Crippen LogP contribution in [0.4, 0.5) is 0 Å². The molecular weight excluding hydrogens is 392 g/mol. The molecule has 7 nitrogen and oxygen atoms in total. The highest BCUT2D eigenvalue weighted by atomic mass is 16.3. The molecule has 4 heterocycles. The lowest BCUT2D eigenvalue weighted by molar-refractivity contribution is 0.0701. The molecule has 0 saturated heterocycles. The van der Waals surface area contributed by atoms with Crippen molar-refractivity contribution < 1.29 is 9.90 Å². The number of aromatic hydroxyl groups is 1. The van der Waals surface area contributed by atoms with Gasteiger partial charge in [-0.2, -0.15) is 0 Å². The minimum Gasteiger partial charge on any atom is -0.502 e. The molecule has 31 heavy (non-hydrogen) atoms. The molecule has 0 spiro atoms. The maximum absolute atomic E-state index is 13.2. The average Bonchev–Trinajstić information content (AvgIpc) is 2.82. The number of allylic oxidation sites excluding steroid dienone is 1. The van der Waals surface area contributed by atoms with Crippen molar-refractivity contribution in [3.63, 3.8) is 0 Å². The van der Waals surface area contributed by atoms with Gasteiger partial charge in [0.15, 0.2) is 11.4 Å². The summed E-state index contributed by atoms with van der Waals surface area (Å²) >= 11 is 0. The van der Waals surface area contributed by atoms with Crippen LogP contribution in [0.25, 0.3) is 0 Å². The Morgan fingerprint density at radius 1 is 1.03 bits per heavy atom. The Morgan fingerprint density at radius 2 is 1.87 bits per heavy atom. The molecule has 1 aromatic carbocycles. The minimum atomic E-state index is -0.567. The van der Waals surface area contributed by atoms with Gasteiger partial charge in [0.2, 0.25) is 5.43 Å². The van der Waals surface area contributed by atoms with Gasteiger partial charge < -0.3 is 10.0 Å². The largest absolute Gasteiger partial charge is 0.502 e. The van der Waals surface area contributed by atoms with E-state index in [1.165, 1.54) is 6.07 Å². The summed E-state index contributed by atoms with van der Waals surface area (Å²) in [4.78, 5) is 31.3. The van der Waals surface area contributed by atoms with E-state index in [9.17, 15) is 14.7 Å². The number of nitrogens with zero attached hydrogens (tertiary/aromatic N) is 4. The highest BCUT2D eigenvalue weighted by molar-refractivity contribution is 5.96. The van der Waals surface area contributed by atoms with Crippen LogP contribution in [0.3, 0.4) is 0 Å². The zero-order chi connectivity index (χ0) is 21.4. The van der Waals surface area contributed by atoms with Crippen molar-refractivity contribution in [2.75, 3.05) is 18.2 Å². The lowest BCUT2D eigenvalue weighted by Gasteiger charge is -2.44. The minimum absolute atomic E-state index is 0.0112. The number of carbonyl (C=O) groups excluding carboxylic acids is 1. The molecular formula is C24H22N4O3. The fourth-order valence-electron chi connectivity index (χ4n) is 4.35. The van der Waals surface area contributed by atoms with Crippen molar-refractivity contribution in [1.29, 1.82) is 0 Å². The van der Waals surface area contributed by atoms with Crippen LogP contribution in [-0.2, 0) is 6.42 Å². The topological polar surface area (TPSA) is 78.7 Å². The Balaban J connectivity index is 1.80. The third kappa shape index (κ3) is 3.28. The van der Waals surface area contributed by atoms with Crippen LogP contribution in [0, 0.1) is 0 Å². The molecule has 1 N–H and O–H groups in total. The van der Waals surface area contributed by atoms with Crippen LogP contribution in [0.5, 0.6) is 5.75 Å². The fourth-order valence-corrected chi connectivity index (χ4v) is 4.35. The van der Waals surface area contributed by atoms with Crippen molar-refractivity contribution in [2.45, 2.75) is 18.9 Å². The summed E-state index contributed by atoms with van der Waals surface area (Å²) < 4.78 is 1.62. The van der Waals surface area contributed by atoms with Gasteiger partial charge in [-0.25, -0.2) is 0 Å². The smallest absolute Gasteiger partial charge is 0.278 e. The van der Waals surface area contributed by atoms with Gasteiger partial charge in [-0.15, -0.1) is 0 Å². The normalized spacial score (nSPS) is 19.2. The molecule has 2 bridgehead atoms. The summed E-state index contributed by atoms with van der Waals surface area (Å²) in [6.07, 6.45) is 10.9. The number of carbonyl (C=O) groups is 1. The number of fused-ring (bicyclic) bond motifs is 5. The third-order valence-corrected chi connectivity index (χ3v) is 5.86. The van der Waals surface area contributed by atoms with Gasteiger partial charge >= 0.3 is 0 Å². The first-order chi connectivity index (χ1) is 15.1. The second-order valence-electron chi connectivity index (χ2n) is 7.73. The monoisotopic (exact) mass is 414 g/mol. The summed E-state index contributed by atoms with van der Waals surface area (Å²) in [6, 6.07) is 13.1. The van der Waals surface area contributed by atoms with Crippen LogP contribution in [0.1, 0.15) is 39.6 Å². The third-order valence-electron chi connectivity index (χ3n) is 5.86. The summed E-state index contributed by atoms with van der Waals surface area (Å²) in [5.41, 5.74) is 2.67. The van der Waals surface area contributed by atoms with Gasteiger partial charge in [-0.3, -0.25) is 24.3 Å². The van der Waals surface area contributed by atoms with Gasteiger partial charge in [0.1, 0.15) is 6.67 Å². The molecule has 2 aliphatic heterocycles. The Bertz CT molecular complexity index is 1220. The predicted molar refractivity (Wildman–Crippen MR) is 116 cm³/mol. The molecule has 1 amide bonds. The van der Waals surface area contributed by atoms with E-state index in [1.807, 2.05) is 41.5 Å². The van der Waals surface area contributed by atoms with Gasteiger partial charge in [0.05, 0.1) is 6.04 Å². The van der Waals surface area contributed by atoms with E-state index >= 15 is 0 Å². The number of benzene rings is 1. The number of aryl methyl sites for hydroxylation is 1. The van der Waals surface area contributed by atoms with E-state index in [0.717, 1.165) is 29.5 Å². The van der Waals surface area contributed by atoms with Crippen molar-refractivity contribution in [1.82, 2.24) is 14.6 Å². The number of rotatable bonds is 1. The molecule has 2 aromatic heterocycles. The molecule has 5 rings (SSSR count). The Morgan fingerprint density at radius 3 is 2.71 bits per heavy atom. The lowest BCUT2D eigenvalue weighted by Crippen LogP contribution is -2.55.